The molecule has 1 saturated carbocycles. The average Bonchev–Trinajstić information content (AvgIpc) is 3.27. The highest BCUT2D eigenvalue weighted by Gasteiger charge is 2.53. The molecule has 0 aromatic heterocycles. The Morgan fingerprint density at radius 3 is 2.28 bits per heavy atom. The van der Waals surface area contributed by atoms with Crippen LogP contribution in [0.4, 0.5) is 0 Å². The van der Waals surface area contributed by atoms with Gasteiger partial charge in [-0.3, -0.25) is 19.2 Å². The molecule has 3 aliphatic heterocycles. The average molecular weight is 900 g/mol. The highest BCUT2D eigenvalue weighted by Crippen LogP contribution is 2.37. The molecule has 3 fully saturated rings. The predicted octanol–water partition coefficient (Wildman–Crippen LogP) is 5.93. The fraction of sp³-hybridized carbons (Fsp3) is 0.740. The number of hydrogen-bond acceptors (Lipinski definition) is 13. The fourth-order valence-corrected chi connectivity index (χ4v) is 9.85. The summed E-state index contributed by atoms with van der Waals surface area (Å²) in [7, 11) is 4.51. The summed E-state index contributed by atoms with van der Waals surface area (Å²) in [6, 6.07) is -1.13. The maximum atomic E-state index is 14.3. The van der Waals surface area contributed by atoms with E-state index in [9.17, 15) is 39.3 Å². The zero-order chi connectivity index (χ0) is 47.3. The van der Waals surface area contributed by atoms with Gasteiger partial charge in [-0.1, -0.05) is 64.2 Å². The molecule has 0 aromatic carbocycles. The van der Waals surface area contributed by atoms with Crippen molar-refractivity contribution in [3.05, 3.63) is 47.6 Å². The van der Waals surface area contributed by atoms with Gasteiger partial charge in [-0.05, 0) is 107 Å². The summed E-state index contributed by atoms with van der Waals surface area (Å²) in [6.45, 7) is 11.0. The maximum absolute atomic E-state index is 14.3. The number of cyclic esters (lactones) is 1. The van der Waals surface area contributed by atoms with Crippen molar-refractivity contribution in [3.63, 3.8) is 0 Å². The highest BCUT2D eigenvalue weighted by atomic mass is 16.6. The van der Waals surface area contributed by atoms with Crippen molar-refractivity contribution < 1.29 is 63.0 Å². The van der Waals surface area contributed by atoms with Gasteiger partial charge in [0.25, 0.3) is 11.7 Å². The molecule has 2 unspecified atom stereocenters. The largest absolute Gasteiger partial charge is 0.460 e. The minimum atomic E-state index is -2.42. The first-order valence-corrected chi connectivity index (χ1v) is 23.5. The molecule has 1 amide bonds. The number of ketones is 3. The molecule has 64 heavy (non-hydrogen) atoms. The van der Waals surface area contributed by atoms with E-state index in [0.717, 1.165) is 12.0 Å². The van der Waals surface area contributed by atoms with Gasteiger partial charge in [0.15, 0.2) is 5.78 Å². The molecule has 0 aromatic rings. The minimum Gasteiger partial charge on any atom is -0.460 e. The van der Waals surface area contributed by atoms with Crippen molar-refractivity contribution in [1.29, 1.82) is 0 Å². The third-order valence-electron chi connectivity index (χ3n) is 14.1. The van der Waals surface area contributed by atoms with Crippen LogP contribution in [0.3, 0.4) is 0 Å². The van der Waals surface area contributed by atoms with Crippen LogP contribution in [-0.2, 0) is 47.7 Å². The summed E-state index contributed by atoms with van der Waals surface area (Å²) in [4.78, 5) is 71.2. The lowest BCUT2D eigenvalue weighted by Crippen LogP contribution is -2.61. The Morgan fingerprint density at radius 1 is 0.859 bits per heavy atom. The third kappa shape index (κ3) is 14.1. The van der Waals surface area contributed by atoms with E-state index in [1.807, 2.05) is 58.1 Å². The molecule has 360 valence electrons. The molecule has 4 aliphatic rings. The lowest BCUT2D eigenvalue weighted by Gasteiger charge is -2.42. The van der Waals surface area contributed by atoms with Crippen molar-refractivity contribution in [2.45, 2.75) is 180 Å². The van der Waals surface area contributed by atoms with Crippen LogP contribution in [0.2, 0.25) is 0 Å². The summed E-state index contributed by atoms with van der Waals surface area (Å²) in [5.41, 5.74) is 1.27. The number of Topliss-reactive ketones (excluding diaryl/α,β-unsaturated/α-hetero) is 3. The smallest absolute Gasteiger partial charge is 0.329 e. The summed E-state index contributed by atoms with van der Waals surface area (Å²) in [5.74, 6) is -7.18. The van der Waals surface area contributed by atoms with Crippen molar-refractivity contribution in [1.82, 2.24) is 4.90 Å². The Morgan fingerprint density at radius 2 is 1.59 bits per heavy atom. The number of carbonyl (C=O) groups excluding carboxylic acids is 5. The van der Waals surface area contributed by atoms with Gasteiger partial charge < -0.3 is 43.9 Å². The molecular formula is C50H77NO13. The Bertz CT molecular complexity index is 1720. The molecule has 3 N–H and O–H groups in total. The zero-order valence-corrected chi connectivity index (χ0v) is 39.7. The molecule has 0 radical (unpaired) electrons. The number of rotatable bonds is 6. The second-order valence-electron chi connectivity index (χ2n) is 19.1. The standard InChI is InChI=1S/C50H77NO13/c1-30-15-11-10-12-16-31(2)41(60-7)29-38-22-19-35(6)50(59,64-38)47(56)48(57)51-24-14-13-17-39(51)49(58)63-42(33(4)26-36-20-23-40(53)43(27-36)61-8)28-37(52)21-18-32(3)44(54)46(62-9)45(55)34(5)25-30/h10-12,15-16,18,30,33-36,38-44,46,53-54,59H,13-14,17,19-29H2,1-9H3/b12-10+,15-11+,31-16+,32-18+/t30?,33-,34-,35-,36+,38?,39+,40-,41+,42+,43-,44-,46-,50-/m1/s1. The van der Waals surface area contributed by atoms with Crippen molar-refractivity contribution >= 4 is 29.2 Å². The second kappa shape index (κ2) is 25.0. The fourth-order valence-electron chi connectivity index (χ4n) is 9.85. The number of amides is 1. The first-order valence-electron chi connectivity index (χ1n) is 23.5. The molecule has 0 spiro atoms. The van der Waals surface area contributed by atoms with Crippen LogP contribution in [0.5, 0.6) is 0 Å². The SMILES string of the molecule is CO[C@H]1CC2CC[C@@H](C)[C@@](O)(O2)C(=O)C(=O)N2CCCC[C@H]2C(=O)O[C@H]([C@H](C)C[C@@H]2CC[C@@H](O)[C@H](OC)C2)CC(=O)C/C=C(\C)[C@@H](O)[C@@H](OC)C(=O)[C@H](C)CC(C)/C=C/C=C/C=C/1C. The summed E-state index contributed by atoms with van der Waals surface area (Å²) in [6.07, 6.45) is 11.1. The van der Waals surface area contributed by atoms with Crippen LogP contribution in [0.25, 0.3) is 0 Å². The van der Waals surface area contributed by atoms with Gasteiger partial charge in [0, 0.05) is 59.0 Å². The number of ether oxygens (including phenoxy) is 5. The van der Waals surface area contributed by atoms with Crippen LogP contribution in [-0.4, -0.2) is 132 Å². The van der Waals surface area contributed by atoms with Crippen LogP contribution in [0.1, 0.15) is 125 Å². The lowest BCUT2D eigenvalue weighted by molar-refractivity contribution is -0.265. The van der Waals surface area contributed by atoms with Crippen molar-refractivity contribution in [3.8, 4) is 0 Å². The molecule has 4 rings (SSSR count). The van der Waals surface area contributed by atoms with Crippen LogP contribution in [0, 0.1) is 29.6 Å². The summed E-state index contributed by atoms with van der Waals surface area (Å²) < 4.78 is 29.2. The van der Waals surface area contributed by atoms with Gasteiger partial charge in [-0.15, -0.1) is 0 Å². The predicted molar refractivity (Wildman–Crippen MR) is 241 cm³/mol. The minimum absolute atomic E-state index is 0.0239. The number of aliphatic hydroxyl groups excluding tert-OH is 2. The van der Waals surface area contributed by atoms with E-state index in [1.54, 1.807) is 34.1 Å². The number of fused-ring (bicyclic) bond motifs is 3. The first-order chi connectivity index (χ1) is 30.3. The molecule has 14 heteroatoms. The highest BCUT2D eigenvalue weighted by molar-refractivity contribution is 6.39. The van der Waals surface area contributed by atoms with E-state index < -0.39 is 77.9 Å². The van der Waals surface area contributed by atoms with E-state index in [4.69, 9.17) is 23.7 Å². The Labute approximate surface area is 380 Å². The van der Waals surface area contributed by atoms with Gasteiger partial charge in [0.05, 0.1) is 24.4 Å². The molecule has 3 heterocycles. The quantitative estimate of drug-likeness (QED) is 0.161. The van der Waals surface area contributed by atoms with Crippen molar-refractivity contribution in [2.75, 3.05) is 27.9 Å². The number of hydrogen-bond donors (Lipinski definition) is 3. The van der Waals surface area contributed by atoms with Crippen LogP contribution in [0.15, 0.2) is 47.6 Å². The third-order valence-corrected chi connectivity index (χ3v) is 14.1. The number of carbonyl (C=O) groups is 5. The van der Waals surface area contributed by atoms with E-state index in [0.29, 0.717) is 63.4 Å². The zero-order valence-electron chi connectivity index (χ0n) is 39.7. The molecule has 2 saturated heterocycles. The molecule has 14 atom stereocenters. The second-order valence-corrected chi connectivity index (χ2v) is 19.1. The molecule has 2 bridgehead atoms. The number of allylic oxidation sites excluding steroid dienone is 6. The van der Waals surface area contributed by atoms with E-state index in [2.05, 4.69) is 0 Å². The first kappa shape index (κ1) is 53.2. The van der Waals surface area contributed by atoms with Gasteiger partial charge in [0.2, 0.25) is 5.79 Å². The Hall–Kier alpha value is -3.37. The molecule has 1 aliphatic carbocycles. The van der Waals surface area contributed by atoms with Crippen LogP contribution < -0.4 is 0 Å². The van der Waals surface area contributed by atoms with E-state index in [-0.39, 0.29) is 61.2 Å². The normalized spacial score (nSPS) is 39.7. The van der Waals surface area contributed by atoms with Gasteiger partial charge in [-0.2, -0.15) is 0 Å². The van der Waals surface area contributed by atoms with Crippen molar-refractivity contribution in [2.24, 2.45) is 29.6 Å². The summed E-state index contributed by atoms with van der Waals surface area (Å²) in [5, 5.41) is 33.7. The number of methoxy groups -OCH3 is 3. The lowest BCUT2D eigenvalue weighted by atomic mass is 9.78. The number of esters is 1. The molecular weight excluding hydrogens is 823 g/mol. The number of aliphatic hydroxyl groups is 3. The number of nitrogens with zero attached hydrogens (tertiary/aromatic N) is 1. The number of piperidine rings is 1. The maximum Gasteiger partial charge on any atom is 0.329 e. The molecule has 14 nitrogen and oxygen atoms in total. The van der Waals surface area contributed by atoms with Gasteiger partial charge >= 0.3 is 5.97 Å². The Kier molecular flexibility index (Phi) is 20.8. The Balaban J connectivity index is 1.68. The summed E-state index contributed by atoms with van der Waals surface area (Å²) >= 11 is 0. The monoisotopic (exact) mass is 900 g/mol. The van der Waals surface area contributed by atoms with E-state index >= 15 is 0 Å². The van der Waals surface area contributed by atoms with Gasteiger partial charge in [-0.25, -0.2) is 4.79 Å². The van der Waals surface area contributed by atoms with Crippen LogP contribution >= 0.6 is 0 Å². The van der Waals surface area contributed by atoms with Gasteiger partial charge in [0.1, 0.15) is 30.1 Å². The topological polar surface area (TPSA) is 195 Å². The van der Waals surface area contributed by atoms with E-state index in [1.165, 1.54) is 12.0 Å².